The number of hydrogen-bond donors (Lipinski definition) is 0. The highest BCUT2D eigenvalue weighted by atomic mass is 35.5. The van der Waals surface area contributed by atoms with E-state index < -0.39 is 11.7 Å². The first-order chi connectivity index (χ1) is 11.4. The minimum atomic E-state index is -4.47. The van der Waals surface area contributed by atoms with E-state index in [1.807, 2.05) is 6.07 Å². The molecule has 0 N–H and O–H groups in total. The van der Waals surface area contributed by atoms with Crippen molar-refractivity contribution in [1.82, 2.24) is 23.9 Å². The molecule has 9 heteroatoms. The SMILES string of the molecule is Cn1c(-c2c(Cl)nc3ccccn23)nc2cc(C(F)(F)F)cnc21. The Morgan fingerprint density at radius 2 is 1.96 bits per heavy atom. The van der Waals surface area contributed by atoms with Crippen LogP contribution in [0.2, 0.25) is 5.15 Å². The lowest BCUT2D eigenvalue weighted by Crippen LogP contribution is -2.05. The Morgan fingerprint density at radius 1 is 1.17 bits per heavy atom. The van der Waals surface area contributed by atoms with Crippen molar-refractivity contribution in [2.75, 3.05) is 0 Å². The van der Waals surface area contributed by atoms with Gasteiger partial charge in [-0.25, -0.2) is 15.0 Å². The fourth-order valence-corrected chi connectivity index (χ4v) is 2.87. The monoisotopic (exact) mass is 351 g/mol. The molecule has 4 aromatic heterocycles. The van der Waals surface area contributed by atoms with Crippen LogP contribution in [0.25, 0.3) is 28.3 Å². The molecule has 0 aliphatic heterocycles. The number of hydrogen-bond acceptors (Lipinski definition) is 3. The third-order valence-corrected chi connectivity index (χ3v) is 4.00. The highest BCUT2D eigenvalue weighted by Crippen LogP contribution is 2.33. The lowest BCUT2D eigenvalue weighted by molar-refractivity contribution is -0.137. The van der Waals surface area contributed by atoms with E-state index in [9.17, 15) is 13.2 Å². The van der Waals surface area contributed by atoms with E-state index >= 15 is 0 Å². The van der Waals surface area contributed by atoms with E-state index in [1.165, 1.54) is 0 Å². The van der Waals surface area contributed by atoms with Gasteiger partial charge in [0.25, 0.3) is 0 Å². The van der Waals surface area contributed by atoms with Gasteiger partial charge in [0.2, 0.25) is 0 Å². The first kappa shape index (κ1) is 14.9. The Bertz CT molecular complexity index is 1080. The van der Waals surface area contributed by atoms with Crippen LogP contribution in [0.5, 0.6) is 0 Å². The molecule has 0 atom stereocenters. The van der Waals surface area contributed by atoms with Gasteiger partial charge in [-0.2, -0.15) is 13.2 Å². The predicted molar refractivity (Wildman–Crippen MR) is 82.7 cm³/mol. The van der Waals surface area contributed by atoms with Crippen LogP contribution >= 0.6 is 11.6 Å². The molecule has 4 aromatic rings. The molecule has 0 spiro atoms. The molecule has 0 unspecified atom stereocenters. The second-order valence-corrected chi connectivity index (χ2v) is 5.60. The molecule has 4 heterocycles. The van der Waals surface area contributed by atoms with Crippen LogP contribution < -0.4 is 0 Å². The molecule has 0 amide bonds. The summed E-state index contributed by atoms with van der Waals surface area (Å²) in [5, 5.41) is 0.218. The van der Waals surface area contributed by atoms with E-state index in [1.54, 1.807) is 34.3 Å². The van der Waals surface area contributed by atoms with Gasteiger partial charge in [0.1, 0.15) is 16.9 Å². The van der Waals surface area contributed by atoms with E-state index in [0.29, 0.717) is 22.8 Å². The number of pyridine rings is 2. The number of halogens is 4. The van der Waals surface area contributed by atoms with Crippen LogP contribution in [0.1, 0.15) is 5.56 Å². The van der Waals surface area contributed by atoms with Gasteiger partial charge in [0.15, 0.2) is 16.6 Å². The first-order valence-corrected chi connectivity index (χ1v) is 7.26. The van der Waals surface area contributed by atoms with E-state index in [-0.39, 0.29) is 10.7 Å². The first-order valence-electron chi connectivity index (χ1n) is 6.89. The number of alkyl halides is 3. The normalized spacial score (nSPS) is 12.4. The van der Waals surface area contributed by atoms with E-state index in [4.69, 9.17) is 11.6 Å². The van der Waals surface area contributed by atoms with Crippen LogP contribution in [0.4, 0.5) is 13.2 Å². The van der Waals surface area contributed by atoms with Gasteiger partial charge in [-0.3, -0.25) is 4.40 Å². The summed E-state index contributed by atoms with van der Waals surface area (Å²) in [5.41, 5.74) is 0.753. The molecular weight excluding hydrogens is 343 g/mol. The average molecular weight is 352 g/mol. The maximum atomic E-state index is 12.9. The standard InChI is InChI=1S/C15H9ClF3N5/c1-23-13-9(6-8(7-20-13)15(17,18)19)21-14(23)11-12(16)22-10-4-2-3-5-24(10)11/h2-7H,1H3. The van der Waals surface area contributed by atoms with Gasteiger partial charge in [-0.1, -0.05) is 17.7 Å². The Hall–Kier alpha value is -2.61. The summed E-state index contributed by atoms with van der Waals surface area (Å²) >= 11 is 6.22. The largest absolute Gasteiger partial charge is 0.417 e. The van der Waals surface area contributed by atoms with Crippen LogP contribution in [0, 0.1) is 0 Å². The summed E-state index contributed by atoms with van der Waals surface area (Å²) in [7, 11) is 1.67. The molecule has 0 aliphatic carbocycles. The summed E-state index contributed by atoms with van der Waals surface area (Å²) in [4.78, 5) is 12.4. The molecule has 0 saturated carbocycles. The highest BCUT2D eigenvalue weighted by Gasteiger charge is 2.32. The second-order valence-electron chi connectivity index (χ2n) is 5.24. The summed E-state index contributed by atoms with van der Waals surface area (Å²) in [6, 6.07) is 6.37. The summed E-state index contributed by atoms with van der Waals surface area (Å²) in [6.45, 7) is 0. The summed E-state index contributed by atoms with van der Waals surface area (Å²) in [6.07, 6.45) is -1.92. The van der Waals surface area contributed by atoms with Crippen LogP contribution in [-0.4, -0.2) is 23.9 Å². The third-order valence-electron chi connectivity index (χ3n) is 3.74. The molecule has 122 valence electrons. The van der Waals surface area contributed by atoms with Crippen molar-refractivity contribution in [3.05, 3.63) is 47.4 Å². The van der Waals surface area contributed by atoms with Crippen molar-refractivity contribution in [1.29, 1.82) is 0 Å². The quantitative estimate of drug-likeness (QED) is 0.521. The molecule has 0 bridgehead atoms. The Balaban J connectivity index is 2.00. The molecule has 0 aliphatic rings. The fourth-order valence-electron chi connectivity index (χ4n) is 2.61. The number of imidazole rings is 2. The minimum absolute atomic E-state index is 0.143. The summed E-state index contributed by atoms with van der Waals surface area (Å²) in [5.74, 6) is 0.389. The second kappa shape index (κ2) is 4.94. The van der Waals surface area contributed by atoms with Gasteiger partial charge in [-0.15, -0.1) is 0 Å². The van der Waals surface area contributed by atoms with Crippen molar-refractivity contribution in [2.24, 2.45) is 7.05 Å². The lowest BCUT2D eigenvalue weighted by atomic mass is 10.2. The van der Waals surface area contributed by atoms with Gasteiger partial charge < -0.3 is 4.57 Å². The molecule has 0 radical (unpaired) electrons. The van der Waals surface area contributed by atoms with Gasteiger partial charge in [0.05, 0.1) is 5.56 Å². The van der Waals surface area contributed by atoms with Crippen molar-refractivity contribution < 1.29 is 13.2 Å². The minimum Gasteiger partial charge on any atom is -0.310 e. The van der Waals surface area contributed by atoms with E-state index in [2.05, 4.69) is 15.0 Å². The molecule has 24 heavy (non-hydrogen) atoms. The zero-order valence-corrected chi connectivity index (χ0v) is 13.0. The number of fused-ring (bicyclic) bond motifs is 2. The molecule has 0 aromatic carbocycles. The molecule has 0 saturated heterocycles. The van der Waals surface area contributed by atoms with Gasteiger partial charge in [-0.05, 0) is 18.2 Å². The van der Waals surface area contributed by atoms with Crippen LogP contribution in [-0.2, 0) is 13.2 Å². The zero-order valence-electron chi connectivity index (χ0n) is 12.2. The maximum Gasteiger partial charge on any atom is 0.417 e. The van der Waals surface area contributed by atoms with Crippen molar-refractivity contribution in [3.63, 3.8) is 0 Å². The molecule has 4 rings (SSSR count). The van der Waals surface area contributed by atoms with Crippen LogP contribution in [0.3, 0.4) is 0 Å². The third kappa shape index (κ3) is 2.14. The Kier molecular flexibility index (Phi) is 3.08. The lowest BCUT2D eigenvalue weighted by Gasteiger charge is -2.05. The smallest absolute Gasteiger partial charge is 0.310 e. The molecular formula is C15H9ClF3N5. The van der Waals surface area contributed by atoms with Crippen molar-refractivity contribution in [2.45, 2.75) is 6.18 Å². The zero-order chi connectivity index (χ0) is 17.1. The predicted octanol–water partition coefficient (Wildman–Crippen LogP) is 3.96. The summed E-state index contributed by atoms with van der Waals surface area (Å²) < 4.78 is 41.9. The van der Waals surface area contributed by atoms with Crippen LogP contribution in [0.15, 0.2) is 36.7 Å². The topological polar surface area (TPSA) is 48.0 Å². The Morgan fingerprint density at radius 3 is 2.71 bits per heavy atom. The maximum absolute atomic E-state index is 12.9. The average Bonchev–Trinajstić information content (AvgIpc) is 3.02. The van der Waals surface area contributed by atoms with Gasteiger partial charge >= 0.3 is 6.18 Å². The molecule has 0 fully saturated rings. The number of nitrogens with zero attached hydrogens (tertiary/aromatic N) is 5. The van der Waals surface area contributed by atoms with Gasteiger partial charge in [0, 0.05) is 19.4 Å². The number of aromatic nitrogens is 5. The van der Waals surface area contributed by atoms with E-state index in [0.717, 1.165) is 12.3 Å². The van der Waals surface area contributed by atoms with Crippen molar-refractivity contribution >= 4 is 28.4 Å². The number of aryl methyl sites for hydroxylation is 1. The fraction of sp³-hybridized carbons (Fsp3) is 0.133. The number of rotatable bonds is 1. The molecule has 5 nitrogen and oxygen atoms in total. The highest BCUT2D eigenvalue weighted by molar-refractivity contribution is 6.32. The van der Waals surface area contributed by atoms with Crippen molar-refractivity contribution in [3.8, 4) is 11.5 Å². The Labute approximate surface area is 138 Å².